The molecule has 0 aliphatic heterocycles. The third-order valence-corrected chi connectivity index (χ3v) is 3.46. The molecule has 1 saturated carbocycles. The highest BCUT2D eigenvalue weighted by molar-refractivity contribution is 5.78. The standard InChI is InChI=1S/C14H29N3O/c1-17(2)11-7-10-15-12-14(18)16-13-8-5-3-4-6-9-13/h13,15H,3-12H2,1-2H3,(H,16,18). The molecule has 1 amide bonds. The molecule has 1 fully saturated rings. The fourth-order valence-corrected chi connectivity index (χ4v) is 2.42. The summed E-state index contributed by atoms with van der Waals surface area (Å²) in [5, 5.41) is 6.35. The smallest absolute Gasteiger partial charge is 0.234 e. The summed E-state index contributed by atoms with van der Waals surface area (Å²) < 4.78 is 0. The Morgan fingerprint density at radius 3 is 2.44 bits per heavy atom. The van der Waals surface area contributed by atoms with Gasteiger partial charge >= 0.3 is 0 Å². The monoisotopic (exact) mass is 255 g/mol. The van der Waals surface area contributed by atoms with Gasteiger partial charge in [-0.3, -0.25) is 4.79 Å². The van der Waals surface area contributed by atoms with Crippen LogP contribution < -0.4 is 10.6 Å². The van der Waals surface area contributed by atoms with E-state index in [1.807, 2.05) is 0 Å². The van der Waals surface area contributed by atoms with Gasteiger partial charge in [0.05, 0.1) is 6.54 Å². The number of carbonyl (C=O) groups is 1. The van der Waals surface area contributed by atoms with E-state index < -0.39 is 0 Å². The number of amides is 1. The van der Waals surface area contributed by atoms with Gasteiger partial charge in [-0.25, -0.2) is 0 Å². The third-order valence-electron chi connectivity index (χ3n) is 3.46. The minimum absolute atomic E-state index is 0.159. The van der Waals surface area contributed by atoms with E-state index in [4.69, 9.17) is 0 Å². The van der Waals surface area contributed by atoms with Crippen molar-refractivity contribution in [3.05, 3.63) is 0 Å². The number of hydrogen-bond acceptors (Lipinski definition) is 3. The summed E-state index contributed by atoms with van der Waals surface area (Å²) in [6.07, 6.45) is 8.59. The summed E-state index contributed by atoms with van der Waals surface area (Å²) in [7, 11) is 4.14. The molecular weight excluding hydrogens is 226 g/mol. The Labute approximate surface area is 111 Å². The zero-order chi connectivity index (χ0) is 13.2. The van der Waals surface area contributed by atoms with Crippen molar-refractivity contribution in [2.75, 3.05) is 33.7 Å². The normalized spacial score (nSPS) is 17.7. The van der Waals surface area contributed by atoms with Crippen LogP contribution in [-0.4, -0.2) is 50.6 Å². The van der Waals surface area contributed by atoms with E-state index in [-0.39, 0.29) is 5.91 Å². The lowest BCUT2D eigenvalue weighted by Crippen LogP contribution is -2.40. The molecule has 2 N–H and O–H groups in total. The zero-order valence-corrected chi connectivity index (χ0v) is 12.0. The first kappa shape index (κ1) is 15.4. The van der Waals surface area contributed by atoms with Crippen molar-refractivity contribution in [3.8, 4) is 0 Å². The lowest BCUT2D eigenvalue weighted by molar-refractivity contribution is -0.121. The SMILES string of the molecule is CN(C)CCCNCC(=O)NC1CCCCCC1. The Hall–Kier alpha value is -0.610. The predicted molar refractivity (Wildman–Crippen MR) is 75.7 cm³/mol. The van der Waals surface area contributed by atoms with Gasteiger partial charge in [-0.2, -0.15) is 0 Å². The van der Waals surface area contributed by atoms with Crippen LogP contribution in [0.4, 0.5) is 0 Å². The molecule has 18 heavy (non-hydrogen) atoms. The lowest BCUT2D eigenvalue weighted by atomic mass is 10.1. The molecule has 1 aliphatic carbocycles. The van der Waals surface area contributed by atoms with E-state index in [2.05, 4.69) is 29.6 Å². The first-order chi connectivity index (χ1) is 8.68. The van der Waals surface area contributed by atoms with Crippen LogP contribution in [0.25, 0.3) is 0 Å². The van der Waals surface area contributed by atoms with Crippen molar-refractivity contribution < 1.29 is 4.79 Å². The van der Waals surface area contributed by atoms with Crippen molar-refractivity contribution in [2.24, 2.45) is 0 Å². The number of carbonyl (C=O) groups excluding carboxylic acids is 1. The molecule has 1 aliphatic rings. The molecule has 106 valence electrons. The molecule has 0 unspecified atom stereocenters. The molecule has 0 spiro atoms. The summed E-state index contributed by atoms with van der Waals surface area (Å²) in [4.78, 5) is 13.9. The van der Waals surface area contributed by atoms with Gasteiger partial charge in [0.25, 0.3) is 0 Å². The molecule has 0 aromatic carbocycles. The molecular formula is C14H29N3O. The first-order valence-corrected chi connectivity index (χ1v) is 7.33. The molecule has 0 bridgehead atoms. The fourth-order valence-electron chi connectivity index (χ4n) is 2.42. The Bertz CT molecular complexity index is 223. The molecule has 0 heterocycles. The molecule has 0 radical (unpaired) electrons. The van der Waals surface area contributed by atoms with Crippen LogP contribution in [0.3, 0.4) is 0 Å². The first-order valence-electron chi connectivity index (χ1n) is 7.33. The lowest BCUT2D eigenvalue weighted by Gasteiger charge is -2.16. The van der Waals surface area contributed by atoms with Crippen molar-refractivity contribution in [1.82, 2.24) is 15.5 Å². The van der Waals surface area contributed by atoms with E-state index in [0.29, 0.717) is 12.6 Å². The highest BCUT2D eigenvalue weighted by atomic mass is 16.1. The van der Waals surface area contributed by atoms with Crippen LogP contribution >= 0.6 is 0 Å². The topological polar surface area (TPSA) is 44.4 Å². The Morgan fingerprint density at radius 2 is 1.83 bits per heavy atom. The third kappa shape index (κ3) is 7.67. The van der Waals surface area contributed by atoms with Gasteiger partial charge in [0.15, 0.2) is 0 Å². The minimum Gasteiger partial charge on any atom is -0.352 e. The molecule has 0 aromatic heterocycles. The maximum absolute atomic E-state index is 11.7. The van der Waals surface area contributed by atoms with Crippen LogP contribution in [0.1, 0.15) is 44.9 Å². The van der Waals surface area contributed by atoms with E-state index >= 15 is 0 Å². The molecule has 4 nitrogen and oxygen atoms in total. The van der Waals surface area contributed by atoms with Crippen molar-refractivity contribution in [2.45, 2.75) is 51.0 Å². The number of hydrogen-bond donors (Lipinski definition) is 2. The van der Waals surface area contributed by atoms with Crippen molar-refractivity contribution >= 4 is 5.91 Å². The quantitative estimate of drug-likeness (QED) is 0.533. The predicted octanol–water partition coefficient (Wildman–Crippen LogP) is 1.37. The van der Waals surface area contributed by atoms with Gasteiger partial charge in [0.1, 0.15) is 0 Å². The maximum atomic E-state index is 11.7. The highest BCUT2D eigenvalue weighted by Gasteiger charge is 2.13. The van der Waals surface area contributed by atoms with E-state index in [0.717, 1.165) is 32.4 Å². The summed E-state index contributed by atoms with van der Waals surface area (Å²) in [5.41, 5.74) is 0. The van der Waals surface area contributed by atoms with Crippen LogP contribution in [0.5, 0.6) is 0 Å². The van der Waals surface area contributed by atoms with Crippen LogP contribution in [0.15, 0.2) is 0 Å². The molecule has 0 atom stereocenters. The van der Waals surface area contributed by atoms with Gasteiger partial charge in [-0.1, -0.05) is 25.7 Å². The summed E-state index contributed by atoms with van der Waals surface area (Å²) in [6.45, 7) is 2.44. The average molecular weight is 255 g/mol. The van der Waals surface area contributed by atoms with Gasteiger partial charge in [0.2, 0.25) is 5.91 Å². The summed E-state index contributed by atoms with van der Waals surface area (Å²) in [5.74, 6) is 0.159. The second-order valence-electron chi connectivity index (χ2n) is 5.59. The van der Waals surface area contributed by atoms with Gasteiger partial charge < -0.3 is 15.5 Å². The van der Waals surface area contributed by atoms with E-state index in [1.165, 1.54) is 25.7 Å². The van der Waals surface area contributed by atoms with E-state index in [9.17, 15) is 4.79 Å². The van der Waals surface area contributed by atoms with Gasteiger partial charge in [0, 0.05) is 6.04 Å². The summed E-state index contributed by atoms with van der Waals surface area (Å²) in [6, 6.07) is 0.420. The number of nitrogens with one attached hydrogen (secondary N) is 2. The molecule has 1 rings (SSSR count). The van der Waals surface area contributed by atoms with Crippen LogP contribution in [-0.2, 0) is 4.79 Å². The Balaban J connectivity index is 2.02. The minimum atomic E-state index is 0.159. The average Bonchev–Trinajstić information content (AvgIpc) is 2.56. The van der Waals surface area contributed by atoms with Crippen LogP contribution in [0, 0.1) is 0 Å². The largest absolute Gasteiger partial charge is 0.352 e. The second-order valence-corrected chi connectivity index (χ2v) is 5.59. The Kier molecular flexibility index (Phi) is 8.01. The Morgan fingerprint density at radius 1 is 1.17 bits per heavy atom. The summed E-state index contributed by atoms with van der Waals surface area (Å²) >= 11 is 0. The number of rotatable bonds is 7. The maximum Gasteiger partial charge on any atom is 0.234 e. The van der Waals surface area contributed by atoms with Crippen molar-refractivity contribution in [1.29, 1.82) is 0 Å². The van der Waals surface area contributed by atoms with E-state index in [1.54, 1.807) is 0 Å². The molecule has 0 saturated heterocycles. The number of nitrogens with zero attached hydrogens (tertiary/aromatic N) is 1. The second kappa shape index (κ2) is 9.34. The van der Waals surface area contributed by atoms with Gasteiger partial charge in [-0.05, 0) is 46.4 Å². The fraction of sp³-hybridized carbons (Fsp3) is 0.929. The van der Waals surface area contributed by atoms with Crippen LogP contribution in [0.2, 0.25) is 0 Å². The van der Waals surface area contributed by atoms with Gasteiger partial charge in [-0.15, -0.1) is 0 Å². The molecule has 4 heteroatoms. The molecule has 0 aromatic rings. The van der Waals surface area contributed by atoms with Crippen molar-refractivity contribution in [3.63, 3.8) is 0 Å². The zero-order valence-electron chi connectivity index (χ0n) is 12.0. The highest BCUT2D eigenvalue weighted by Crippen LogP contribution is 2.16.